The van der Waals surface area contributed by atoms with Crippen LogP contribution in [0.2, 0.25) is 0 Å². The van der Waals surface area contributed by atoms with Gasteiger partial charge < -0.3 is 19.8 Å². The highest BCUT2D eigenvalue weighted by Crippen LogP contribution is 2.27. The standard InChI is InChI=1S/C28H25N7O2/c29-35-32-19-37-28-17-25(36-18-20-10-13-30-14-11-20)9-6-22(28)5-8-24-16-23(33-34-24)7-4-21-2-1-3-27-26(21)12-15-31-27/h1-13,15-17,30-31H,14,18-19H2,(H,33,34)/b7-4+,8-5+. The Morgan fingerprint density at radius 1 is 1.03 bits per heavy atom. The molecule has 2 aromatic carbocycles. The van der Waals surface area contributed by atoms with Gasteiger partial charge in [0.05, 0.1) is 11.4 Å². The number of dihydropyridines is 1. The van der Waals surface area contributed by atoms with Crippen LogP contribution in [-0.4, -0.2) is 35.1 Å². The van der Waals surface area contributed by atoms with Crippen LogP contribution >= 0.6 is 0 Å². The van der Waals surface area contributed by atoms with E-state index in [1.807, 2.05) is 61.0 Å². The number of H-pyrrole nitrogens is 2. The number of fused-ring (bicyclic) bond motifs is 1. The molecule has 0 aliphatic carbocycles. The number of nitrogens with zero attached hydrogens (tertiary/aromatic N) is 4. The summed E-state index contributed by atoms with van der Waals surface area (Å²) in [6.45, 7) is 1.12. The van der Waals surface area contributed by atoms with E-state index in [1.54, 1.807) is 6.07 Å². The fourth-order valence-electron chi connectivity index (χ4n) is 3.89. The van der Waals surface area contributed by atoms with Gasteiger partial charge in [-0.05, 0) is 77.5 Å². The third kappa shape index (κ3) is 6.11. The van der Waals surface area contributed by atoms with Crippen LogP contribution in [0, 0.1) is 0 Å². The lowest BCUT2D eigenvalue weighted by molar-refractivity contribution is 0.320. The second-order valence-electron chi connectivity index (χ2n) is 8.21. The average Bonchev–Trinajstić information content (AvgIpc) is 3.61. The lowest BCUT2D eigenvalue weighted by Gasteiger charge is -2.13. The third-order valence-corrected chi connectivity index (χ3v) is 5.75. The highest BCUT2D eigenvalue weighted by Gasteiger charge is 2.06. The second kappa shape index (κ2) is 11.5. The Kier molecular flexibility index (Phi) is 7.35. The predicted octanol–water partition coefficient (Wildman–Crippen LogP) is 6.30. The summed E-state index contributed by atoms with van der Waals surface area (Å²) >= 11 is 0. The van der Waals surface area contributed by atoms with Gasteiger partial charge in [-0.2, -0.15) is 5.10 Å². The zero-order chi connectivity index (χ0) is 25.3. The molecule has 0 saturated carbocycles. The molecule has 0 fully saturated rings. The molecule has 0 saturated heterocycles. The molecule has 37 heavy (non-hydrogen) atoms. The van der Waals surface area contributed by atoms with Gasteiger partial charge in [-0.15, -0.1) is 0 Å². The van der Waals surface area contributed by atoms with Crippen molar-refractivity contribution in [3.63, 3.8) is 0 Å². The number of benzene rings is 2. The SMILES string of the molecule is [N-]=[N+]=NCOc1cc(OCC2=CCNC=C2)ccc1/C=C/c1cc(/C=C/c2cccc3[nH]ccc23)[nH]n1. The van der Waals surface area contributed by atoms with Crippen molar-refractivity contribution in [2.24, 2.45) is 5.11 Å². The fourth-order valence-corrected chi connectivity index (χ4v) is 3.89. The number of rotatable bonds is 10. The van der Waals surface area contributed by atoms with Gasteiger partial charge in [-0.3, -0.25) is 5.10 Å². The molecule has 0 radical (unpaired) electrons. The van der Waals surface area contributed by atoms with E-state index in [1.165, 1.54) is 5.39 Å². The van der Waals surface area contributed by atoms with Crippen molar-refractivity contribution in [1.82, 2.24) is 20.5 Å². The van der Waals surface area contributed by atoms with Crippen LogP contribution in [-0.2, 0) is 0 Å². The fraction of sp³-hybridized carbons (Fsp3) is 0.107. The minimum absolute atomic E-state index is 0.119. The largest absolute Gasteiger partial charge is 0.489 e. The molecule has 0 spiro atoms. The van der Waals surface area contributed by atoms with E-state index in [-0.39, 0.29) is 6.73 Å². The zero-order valence-electron chi connectivity index (χ0n) is 20.0. The monoisotopic (exact) mass is 491 g/mol. The van der Waals surface area contributed by atoms with Crippen molar-refractivity contribution in [3.8, 4) is 11.5 Å². The Morgan fingerprint density at radius 3 is 2.86 bits per heavy atom. The van der Waals surface area contributed by atoms with Gasteiger partial charge >= 0.3 is 0 Å². The van der Waals surface area contributed by atoms with Gasteiger partial charge in [0, 0.05) is 40.2 Å². The molecule has 5 rings (SSSR count). The summed E-state index contributed by atoms with van der Waals surface area (Å²) in [5.41, 5.74) is 14.4. The molecule has 2 aromatic heterocycles. The van der Waals surface area contributed by atoms with Crippen molar-refractivity contribution in [2.75, 3.05) is 19.9 Å². The van der Waals surface area contributed by atoms with Gasteiger partial charge in [0.15, 0.2) is 6.73 Å². The van der Waals surface area contributed by atoms with Crippen molar-refractivity contribution >= 4 is 35.2 Å². The van der Waals surface area contributed by atoms with Crippen molar-refractivity contribution in [3.05, 3.63) is 112 Å². The first-order chi connectivity index (χ1) is 18.3. The molecule has 0 atom stereocenters. The quantitative estimate of drug-likeness (QED) is 0.137. The molecule has 0 amide bonds. The lowest BCUT2D eigenvalue weighted by atomic mass is 10.1. The van der Waals surface area contributed by atoms with Gasteiger partial charge in [-0.1, -0.05) is 29.4 Å². The Bertz CT molecular complexity index is 1550. The lowest BCUT2D eigenvalue weighted by Crippen LogP contribution is -2.12. The summed E-state index contributed by atoms with van der Waals surface area (Å²) in [5, 5.41) is 15.2. The van der Waals surface area contributed by atoms with Crippen LogP contribution in [0.25, 0.3) is 45.6 Å². The summed E-state index contributed by atoms with van der Waals surface area (Å²) in [7, 11) is 0. The molecular weight excluding hydrogens is 466 g/mol. The highest BCUT2D eigenvalue weighted by atomic mass is 16.5. The highest BCUT2D eigenvalue weighted by molar-refractivity contribution is 5.91. The summed E-state index contributed by atoms with van der Waals surface area (Å²) in [6, 6.07) is 15.8. The van der Waals surface area contributed by atoms with E-state index in [0.717, 1.165) is 40.1 Å². The van der Waals surface area contributed by atoms with E-state index in [2.05, 4.69) is 60.9 Å². The van der Waals surface area contributed by atoms with Gasteiger partial charge in [0.2, 0.25) is 0 Å². The maximum Gasteiger partial charge on any atom is 0.167 e. The summed E-state index contributed by atoms with van der Waals surface area (Å²) in [6.07, 6.45) is 15.7. The molecule has 3 heterocycles. The minimum atomic E-state index is -0.119. The number of nitrogens with one attached hydrogen (secondary N) is 3. The molecule has 9 heteroatoms. The van der Waals surface area contributed by atoms with Crippen LogP contribution in [0.5, 0.6) is 11.5 Å². The summed E-state index contributed by atoms with van der Waals surface area (Å²) in [5.74, 6) is 1.21. The first kappa shape index (κ1) is 23.6. The van der Waals surface area contributed by atoms with E-state index in [4.69, 9.17) is 15.0 Å². The smallest absolute Gasteiger partial charge is 0.167 e. The van der Waals surface area contributed by atoms with E-state index in [0.29, 0.717) is 18.1 Å². The molecule has 9 nitrogen and oxygen atoms in total. The van der Waals surface area contributed by atoms with Crippen LogP contribution in [0.1, 0.15) is 22.5 Å². The van der Waals surface area contributed by atoms with E-state index >= 15 is 0 Å². The molecule has 184 valence electrons. The summed E-state index contributed by atoms with van der Waals surface area (Å²) < 4.78 is 11.6. The van der Waals surface area contributed by atoms with E-state index in [9.17, 15) is 0 Å². The normalized spacial score (nSPS) is 13.0. The van der Waals surface area contributed by atoms with Gasteiger partial charge in [-0.25, -0.2) is 0 Å². The Balaban J connectivity index is 1.29. The molecule has 1 aliphatic rings. The summed E-state index contributed by atoms with van der Waals surface area (Å²) in [4.78, 5) is 5.99. The second-order valence-corrected chi connectivity index (χ2v) is 8.21. The van der Waals surface area contributed by atoms with Crippen LogP contribution in [0.3, 0.4) is 0 Å². The number of hydrogen-bond acceptors (Lipinski definition) is 5. The maximum atomic E-state index is 8.61. The van der Waals surface area contributed by atoms with Crippen molar-refractivity contribution in [1.29, 1.82) is 0 Å². The van der Waals surface area contributed by atoms with Gasteiger partial charge in [0.1, 0.15) is 18.1 Å². The molecule has 3 N–H and O–H groups in total. The Labute approximate surface area is 213 Å². The number of aromatic nitrogens is 3. The first-order valence-corrected chi connectivity index (χ1v) is 11.8. The van der Waals surface area contributed by atoms with Crippen LogP contribution < -0.4 is 14.8 Å². The zero-order valence-corrected chi connectivity index (χ0v) is 20.0. The Morgan fingerprint density at radius 2 is 1.97 bits per heavy atom. The number of azide groups is 1. The van der Waals surface area contributed by atoms with E-state index < -0.39 is 0 Å². The minimum Gasteiger partial charge on any atom is -0.489 e. The van der Waals surface area contributed by atoms with Crippen molar-refractivity contribution in [2.45, 2.75) is 0 Å². The first-order valence-electron chi connectivity index (χ1n) is 11.8. The number of ether oxygens (including phenoxy) is 2. The number of hydrogen-bond donors (Lipinski definition) is 3. The predicted molar refractivity (Wildman–Crippen MR) is 147 cm³/mol. The molecular formula is C28H25N7O2. The molecule has 4 aromatic rings. The average molecular weight is 492 g/mol. The third-order valence-electron chi connectivity index (χ3n) is 5.75. The molecule has 0 bridgehead atoms. The maximum absolute atomic E-state index is 8.61. The van der Waals surface area contributed by atoms with Crippen LogP contribution in [0.15, 0.2) is 83.8 Å². The Hall–Kier alpha value is -5.14. The van der Waals surface area contributed by atoms with Crippen molar-refractivity contribution < 1.29 is 9.47 Å². The molecule has 1 aliphatic heterocycles. The number of aromatic amines is 2. The topological polar surface area (TPSA) is 124 Å². The van der Waals surface area contributed by atoms with Gasteiger partial charge in [0.25, 0.3) is 0 Å². The van der Waals surface area contributed by atoms with Crippen LogP contribution in [0.4, 0.5) is 0 Å². The molecule has 0 unspecified atom stereocenters.